The summed E-state index contributed by atoms with van der Waals surface area (Å²) >= 11 is 1.86. The van der Waals surface area contributed by atoms with Crippen LogP contribution in [0, 0.1) is 0 Å². The lowest BCUT2D eigenvalue weighted by molar-refractivity contribution is -0.121. The molecule has 0 radical (unpaired) electrons. The lowest BCUT2D eigenvalue weighted by Crippen LogP contribution is -2.31. The Bertz CT molecular complexity index is 762. The first kappa shape index (κ1) is 15.4. The molecule has 0 aromatic heterocycles. The van der Waals surface area contributed by atoms with Gasteiger partial charge < -0.3 is 14.8 Å². The van der Waals surface area contributed by atoms with Gasteiger partial charge in [-0.25, -0.2) is 0 Å². The summed E-state index contributed by atoms with van der Waals surface area (Å²) < 4.78 is 11.1. The first-order valence-corrected chi connectivity index (χ1v) is 9.18. The number of fused-ring (bicyclic) bond motifs is 2. The second kappa shape index (κ2) is 6.77. The second-order valence-corrected chi connectivity index (χ2v) is 7.09. The number of benzene rings is 2. The van der Waals surface area contributed by atoms with Crippen molar-refractivity contribution in [3.63, 3.8) is 0 Å². The SMILES string of the molecule is O=C(Cc1ccc2c(c1)OCCO2)N[C@H]1CCSc2ccccc21. The number of carbonyl (C=O) groups is 1. The smallest absolute Gasteiger partial charge is 0.224 e. The van der Waals surface area contributed by atoms with E-state index in [-0.39, 0.29) is 11.9 Å². The molecule has 2 aliphatic rings. The lowest BCUT2D eigenvalue weighted by Gasteiger charge is -2.26. The fraction of sp³-hybridized carbons (Fsp3) is 0.316. The molecule has 0 unspecified atom stereocenters. The average Bonchev–Trinajstić information content (AvgIpc) is 2.62. The molecule has 2 aromatic rings. The van der Waals surface area contributed by atoms with E-state index in [0.717, 1.165) is 29.2 Å². The maximum absolute atomic E-state index is 12.5. The zero-order chi connectivity index (χ0) is 16.4. The van der Waals surface area contributed by atoms with E-state index in [9.17, 15) is 4.79 Å². The van der Waals surface area contributed by atoms with Gasteiger partial charge in [-0.3, -0.25) is 4.79 Å². The molecule has 2 aliphatic heterocycles. The number of hydrogen-bond acceptors (Lipinski definition) is 4. The largest absolute Gasteiger partial charge is 0.486 e. The molecule has 0 fully saturated rings. The number of hydrogen-bond donors (Lipinski definition) is 1. The van der Waals surface area contributed by atoms with Gasteiger partial charge in [0, 0.05) is 10.6 Å². The van der Waals surface area contributed by atoms with Crippen molar-refractivity contribution in [2.75, 3.05) is 19.0 Å². The van der Waals surface area contributed by atoms with Gasteiger partial charge >= 0.3 is 0 Å². The molecule has 1 N–H and O–H groups in total. The quantitative estimate of drug-likeness (QED) is 0.930. The predicted molar refractivity (Wildman–Crippen MR) is 93.8 cm³/mol. The molecule has 0 spiro atoms. The van der Waals surface area contributed by atoms with E-state index in [1.54, 1.807) is 0 Å². The van der Waals surface area contributed by atoms with E-state index in [2.05, 4.69) is 17.4 Å². The van der Waals surface area contributed by atoms with Crippen molar-refractivity contribution in [2.45, 2.75) is 23.8 Å². The van der Waals surface area contributed by atoms with Gasteiger partial charge in [0.05, 0.1) is 12.5 Å². The van der Waals surface area contributed by atoms with Crippen LogP contribution in [0.3, 0.4) is 0 Å². The van der Waals surface area contributed by atoms with Gasteiger partial charge in [0.15, 0.2) is 11.5 Å². The van der Waals surface area contributed by atoms with Crippen LogP contribution >= 0.6 is 11.8 Å². The zero-order valence-corrected chi connectivity index (χ0v) is 14.1. The van der Waals surface area contributed by atoms with E-state index >= 15 is 0 Å². The number of thioether (sulfide) groups is 1. The third-order valence-electron chi connectivity index (χ3n) is 4.27. The van der Waals surface area contributed by atoms with Gasteiger partial charge in [-0.1, -0.05) is 24.3 Å². The van der Waals surface area contributed by atoms with Crippen LogP contribution in [0.15, 0.2) is 47.4 Å². The van der Waals surface area contributed by atoms with Gasteiger partial charge in [0.2, 0.25) is 5.91 Å². The van der Waals surface area contributed by atoms with Crippen LogP contribution in [0.5, 0.6) is 11.5 Å². The van der Waals surface area contributed by atoms with Gasteiger partial charge in [-0.2, -0.15) is 0 Å². The van der Waals surface area contributed by atoms with Crippen molar-refractivity contribution in [3.05, 3.63) is 53.6 Å². The van der Waals surface area contributed by atoms with Gasteiger partial charge in [0.25, 0.3) is 0 Å². The van der Waals surface area contributed by atoms with Crippen LogP contribution in [0.25, 0.3) is 0 Å². The standard InChI is InChI=1S/C19H19NO3S/c21-19(12-13-5-6-16-17(11-13)23-9-8-22-16)20-15-7-10-24-18-4-2-1-3-14(15)18/h1-6,11,15H,7-10,12H2,(H,20,21)/t15-/m0/s1. The summed E-state index contributed by atoms with van der Waals surface area (Å²) in [7, 11) is 0. The summed E-state index contributed by atoms with van der Waals surface area (Å²) in [4.78, 5) is 13.7. The van der Waals surface area contributed by atoms with Crippen LogP contribution in [0.4, 0.5) is 0 Å². The first-order chi connectivity index (χ1) is 11.8. The topological polar surface area (TPSA) is 47.6 Å². The van der Waals surface area contributed by atoms with Gasteiger partial charge in [-0.05, 0) is 35.7 Å². The Morgan fingerprint density at radius 3 is 2.88 bits per heavy atom. The number of rotatable bonds is 3. The van der Waals surface area contributed by atoms with Crippen molar-refractivity contribution in [1.82, 2.24) is 5.32 Å². The summed E-state index contributed by atoms with van der Waals surface area (Å²) in [5.41, 5.74) is 2.17. The summed E-state index contributed by atoms with van der Waals surface area (Å²) in [5.74, 6) is 2.55. The molecular formula is C19H19NO3S. The Morgan fingerprint density at radius 1 is 1.12 bits per heavy atom. The fourth-order valence-electron chi connectivity index (χ4n) is 3.12. The Morgan fingerprint density at radius 2 is 1.96 bits per heavy atom. The highest BCUT2D eigenvalue weighted by atomic mass is 32.2. The highest BCUT2D eigenvalue weighted by molar-refractivity contribution is 7.99. The summed E-state index contributed by atoms with van der Waals surface area (Å²) in [6, 6.07) is 14.1. The maximum atomic E-state index is 12.5. The Kier molecular flexibility index (Phi) is 4.34. The van der Waals surface area contributed by atoms with E-state index in [4.69, 9.17) is 9.47 Å². The van der Waals surface area contributed by atoms with E-state index in [1.807, 2.05) is 42.1 Å². The van der Waals surface area contributed by atoms with Crippen molar-refractivity contribution < 1.29 is 14.3 Å². The summed E-state index contributed by atoms with van der Waals surface area (Å²) in [6.45, 7) is 1.13. The second-order valence-electron chi connectivity index (χ2n) is 5.95. The Balaban J connectivity index is 1.44. The number of ether oxygens (including phenoxy) is 2. The van der Waals surface area contributed by atoms with Crippen LogP contribution < -0.4 is 14.8 Å². The third kappa shape index (κ3) is 3.22. The summed E-state index contributed by atoms with van der Waals surface area (Å²) in [5, 5.41) is 3.18. The normalized spacial score (nSPS) is 18.6. The molecule has 0 saturated carbocycles. The van der Waals surface area contributed by atoms with Gasteiger partial charge in [0.1, 0.15) is 13.2 Å². The van der Waals surface area contributed by atoms with E-state index < -0.39 is 0 Å². The molecule has 124 valence electrons. The lowest BCUT2D eigenvalue weighted by atomic mass is 10.0. The minimum absolute atomic E-state index is 0.0402. The van der Waals surface area contributed by atoms with E-state index in [0.29, 0.717) is 19.6 Å². The van der Waals surface area contributed by atoms with E-state index in [1.165, 1.54) is 10.5 Å². The molecule has 1 amide bonds. The average molecular weight is 341 g/mol. The van der Waals surface area contributed by atoms with Crippen LogP contribution in [0.1, 0.15) is 23.6 Å². The molecule has 0 aliphatic carbocycles. The third-order valence-corrected chi connectivity index (χ3v) is 5.39. The molecule has 2 heterocycles. The van der Waals surface area contributed by atoms with Gasteiger partial charge in [-0.15, -0.1) is 11.8 Å². The van der Waals surface area contributed by atoms with Crippen LogP contribution in [-0.2, 0) is 11.2 Å². The van der Waals surface area contributed by atoms with Crippen molar-refractivity contribution in [1.29, 1.82) is 0 Å². The molecule has 1 atom stereocenters. The molecule has 5 heteroatoms. The number of amides is 1. The number of nitrogens with one attached hydrogen (secondary N) is 1. The van der Waals surface area contributed by atoms with Crippen LogP contribution in [-0.4, -0.2) is 24.9 Å². The summed E-state index contributed by atoms with van der Waals surface area (Å²) in [6.07, 6.45) is 1.32. The van der Waals surface area contributed by atoms with Crippen LogP contribution in [0.2, 0.25) is 0 Å². The molecule has 24 heavy (non-hydrogen) atoms. The minimum atomic E-state index is 0.0402. The zero-order valence-electron chi connectivity index (χ0n) is 13.3. The molecule has 0 bridgehead atoms. The van der Waals surface area contributed by atoms with Crippen molar-refractivity contribution in [3.8, 4) is 11.5 Å². The van der Waals surface area contributed by atoms with Crippen molar-refractivity contribution in [2.24, 2.45) is 0 Å². The molecule has 4 nitrogen and oxygen atoms in total. The van der Waals surface area contributed by atoms with Crippen molar-refractivity contribution >= 4 is 17.7 Å². The maximum Gasteiger partial charge on any atom is 0.224 e. The molecule has 4 rings (SSSR count). The Labute approximate surface area is 145 Å². The first-order valence-electron chi connectivity index (χ1n) is 8.19. The highest BCUT2D eigenvalue weighted by Gasteiger charge is 2.22. The molecule has 0 saturated heterocycles. The number of carbonyl (C=O) groups excluding carboxylic acids is 1. The monoisotopic (exact) mass is 341 g/mol. The molecular weight excluding hydrogens is 322 g/mol. The molecule has 2 aromatic carbocycles. The highest BCUT2D eigenvalue weighted by Crippen LogP contribution is 2.36. The Hall–Kier alpha value is -2.14. The fourth-order valence-corrected chi connectivity index (χ4v) is 4.25. The predicted octanol–water partition coefficient (Wildman–Crippen LogP) is 3.35. The minimum Gasteiger partial charge on any atom is -0.486 e.